The largest absolute Gasteiger partial charge is 0.442 e. The first kappa shape index (κ1) is 15.2. The monoisotopic (exact) mass is 332 g/mol. The first-order valence-electron chi connectivity index (χ1n) is 5.29. The van der Waals surface area contributed by atoms with Gasteiger partial charge in [0.25, 0.3) is 0 Å². The second-order valence-corrected chi connectivity index (χ2v) is 5.49. The van der Waals surface area contributed by atoms with Crippen LogP contribution in [0.15, 0.2) is 22.7 Å². The summed E-state index contributed by atoms with van der Waals surface area (Å²) < 4.78 is 5.52. The quantitative estimate of drug-likeness (QED) is 0.678. The third-order valence-electron chi connectivity index (χ3n) is 1.76. The summed E-state index contributed by atoms with van der Waals surface area (Å²) >= 11 is 3.15. The predicted octanol–water partition coefficient (Wildman–Crippen LogP) is 3.18. The number of rotatable bonds is 3. The molecular weight excluding hydrogens is 320 g/mol. The summed E-state index contributed by atoms with van der Waals surface area (Å²) in [4.78, 5) is 26.4. The maximum absolute atomic E-state index is 11.4. The average Bonchev–Trinajstić information content (AvgIpc) is 2.23. The van der Waals surface area contributed by atoms with Gasteiger partial charge in [0.05, 0.1) is 4.92 Å². The fraction of sp³-hybridized carbons (Fsp3) is 0.364. The van der Waals surface area contributed by atoms with E-state index in [1.54, 1.807) is 20.8 Å². The lowest BCUT2D eigenvalue weighted by atomic mass is 10.2. The number of nitrogens with zero attached hydrogens (tertiary/aromatic N) is 1. The molecule has 0 saturated carbocycles. The molecule has 0 aliphatic rings. The Morgan fingerprint density at radius 2 is 2.05 bits per heavy atom. The summed E-state index contributed by atoms with van der Waals surface area (Å²) in [6, 6.07) is 4.13. The van der Waals surface area contributed by atoms with Crippen LogP contribution in [-0.4, -0.2) is 16.6 Å². The molecule has 1 amide bonds. The number of halogens is 1. The van der Waals surface area contributed by atoms with Crippen LogP contribution in [0.2, 0.25) is 0 Å². The number of hydroxylamine groups is 1. The molecule has 0 aliphatic heterocycles. The van der Waals surface area contributed by atoms with E-state index in [4.69, 9.17) is 9.57 Å². The van der Waals surface area contributed by atoms with Gasteiger partial charge in [0.2, 0.25) is 5.75 Å². The molecule has 0 saturated heterocycles. The number of hydrogen-bond acceptors (Lipinski definition) is 5. The molecule has 1 aromatic rings. The number of amides is 1. The minimum Gasteiger partial charge on any atom is -0.442 e. The van der Waals surface area contributed by atoms with E-state index < -0.39 is 16.6 Å². The zero-order valence-electron chi connectivity index (χ0n) is 10.6. The predicted molar refractivity (Wildman–Crippen MR) is 70.8 cm³/mol. The Kier molecular flexibility index (Phi) is 4.71. The number of nitro groups is 1. The van der Waals surface area contributed by atoms with Crippen molar-refractivity contribution in [1.82, 2.24) is 5.48 Å². The van der Waals surface area contributed by atoms with E-state index in [-0.39, 0.29) is 11.4 Å². The summed E-state index contributed by atoms with van der Waals surface area (Å²) in [5.41, 5.74) is 1.04. The highest BCUT2D eigenvalue weighted by molar-refractivity contribution is 9.10. The van der Waals surface area contributed by atoms with Crippen molar-refractivity contribution in [2.75, 3.05) is 0 Å². The lowest BCUT2D eigenvalue weighted by Crippen LogP contribution is -2.34. The van der Waals surface area contributed by atoms with Gasteiger partial charge in [-0.15, -0.1) is 0 Å². The number of carbonyl (C=O) groups is 1. The fourth-order valence-electron chi connectivity index (χ4n) is 1.12. The molecule has 0 bridgehead atoms. The van der Waals surface area contributed by atoms with Gasteiger partial charge < -0.3 is 9.57 Å². The fourth-order valence-corrected chi connectivity index (χ4v) is 1.46. The van der Waals surface area contributed by atoms with Gasteiger partial charge in [-0.1, -0.05) is 15.9 Å². The third kappa shape index (κ3) is 5.12. The smallest absolute Gasteiger partial charge is 0.441 e. The van der Waals surface area contributed by atoms with E-state index in [1.807, 2.05) is 5.48 Å². The van der Waals surface area contributed by atoms with Gasteiger partial charge >= 0.3 is 11.8 Å². The summed E-state index contributed by atoms with van der Waals surface area (Å²) in [5.74, 6) is -0.0924. The summed E-state index contributed by atoms with van der Waals surface area (Å²) in [7, 11) is 0. The Hall–Kier alpha value is -1.83. The van der Waals surface area contributed by atoms with Crippen LogP contribution in [-0.2, 0) is 4.74 Å². The Morgan fingerprint density at radius 1 is 1.42 bits per heavy atom. The molecule has 1 aromatic carbocycles. The van der Waals surface area contributed by atoms with Crippen molar-refractivity contribution in [2.45, 2.75) is 26.4 Å². The molecule has 0 aromatic heterocycles. The number of nitrogens with one attached hydrogen (secondary N) is 1. The molecule has 1 rings (SSSR count). The molecule has 7 nitrogen and oxygen atoms in total. The number of ether oxygens (including phenoxy) is 1. The van der Waals surface area contributed by atoms with Crippen molar-refractivity contribution in [3.8, 4) is 5.75 Å². The Morgan fingerprint density at radius 3 is 2.58 bits per heavy atom. The molecule has 8 heteroatoms. The van der Waals surface area contributed by atoms with Gasteiger partial charge in [-0.2, -0.15) is 5.48 Å². The van der Waals surface area contributed by atoms with Crippen LogP contribution in [0.3, 0.4) is 0 Å². The lowest BCUT2D eigenvalue weighted by Gasteiger charge is -2.19. The number of nitro benzene ring substituents is 1. The molecule has 1 N–H and O–H groups in total. The van der Waals surface area contributed by atoms with Gasteiger partial charge in [0, 0.05) is 16.6 Å². The van der Waals surface area contributed by atoms with Crippen LogP contribution in [0.25, 0.3) is 0 Å². The van der Waals surface area contributed by atoms with Gasteiger partial charge in [-0.05, 0) is 26.8 Å². The first-order valence-corrected chi connectivity index (χ1v) is 6.08. The van der Waals surface area contributed by atoms with Crippen LogP contribution in [0.1, 0.15) is 20.8 Å². The third-order valence-corrected chi connectivity index (χ3v) is 2.26. The maximum atomic E-state index is 11.4. The molecule has 0 radical (unpaired) electrons. The van der Waals surface area contributed by atoms with Crippen molar-refractivity contribution in [3.05, 3.63) is 32.8 Å². The van der Waals surface area contributed by atoms with Crippen LogP contribution in [0.4, 0.5) is 10.5 Å². The molecule has 104 valence electrons. The van der Waals surface area contributed by atoms with Crippen molar-refractivity contribution >= 4 is 27.7 Å². The van der Waals surface area contributed by atoms with E-state index in [9.17, 15) is 14.9 Å². The Labute approximate surface area is 118 Å². The Bertz CT molecular complexity index is 498. The van der Waals surface area contributed by atoms with Crippen molar-refractivity contribution in [2.24, 2.45) is 0 Å². The number of benzene rings is 1. The van der Waals surface area contributed by atoms with Crippen LogP contribution in [0.5, 0.6) is 5.75 Å². The standard InChI is InChI=1S/C11H13BrN2O5/c1-11(2,3)18-10(15)13-19-9-6-7(12)4-5-8(9)14(16)17/h4-6H,1-3H3,(H,13,15). The van der Waals surface area contributed by atoms with E-state index in [0.717, 1.165) is 0 Å². The second kappa shape index (κ2) is 5.87. The highest BCUT2D eigenvalue weighted by atomic mass is 79.9. The van der Waals surface area contributed by atoms with Crippen molar-refractivity contribution in [3.63, 3.8) is 0 Å². The van der Waals surface area contributed by atoms with Gasteiger partial charge in [-0.3, -0.25) is 10.1 Å². The van der Waals surface area contributed by atoms with Crippen LogP contribution >= 0.6 is 15.9 Å². The van der Waals surface area contributed by atoms with E-state index in [2.05, 4.69) is 15.9 Å². The molecule has 0 unspecified atom stereocenters. The molecule has 0 fully saturated rings. The van der Waals surface area contributed by atoms with Gasteiger partial charge in [-0.25, -0.2) is 4.79 Å². The minimum atomic E-state index is -0.832. The molecule has 0 atom stereocenters. The minimum absolute atomic E-state index is 0.0924. The van der Waals surface area contributed by atoms with E-state index in [0.29, 0.717) is 4.47 Å². The second-order valence-electron chi connectivity index (χ2n) is 4.58. The number of carbonyl (C=O) groups excluding carboxylic acids is 1. The average molecular weight is 333 g/mol. The van der Waals surface area contributed by atoms with Gasteiger partial charge in [0.1, 0.15) is 5.60 Å². The molecular formula is C11H13BrN2O5. The zero-order chi connectivity index (χ0) is 14.6. The SMILES string of the molecule is CC(C)(C)OC(=O)NOc1cc(Br)ccc1[N+](=O)[O-]. The molecule has 0 spiro atoms. The first-order chi connectivity index (χ1) is 8.69. The lowest BCUT2D eigenvalue weighted by molar-refractivity contribution is -0.386. The van der Waals surface area contributed by atoms with Crippen molar-refractivity contribution < 1.29 is 19.3 Å². The molecule has 0 aliphatic carbocycles. The molecule has 0 heterocycles. The number of hydrogen-bond donors (Lipinski definition) is 1. The highest BCUT2D eigenvalue weighted by Gasteiger charge is 2.19. The van der Waals surface area contributed by atoms with Crippen LogP contribution < -0.4 is 10.3 Å². The summed E-state index contributed by atoms with van der Waals surface area (Å²) in [6.07, 6.45) is -0.832. The zero-order valence-corrected chi connectivity index (χ0v) is 12.2. The maximum Gasteiger partial charge on any atom is 0.441 e. The van der Waals surface area contributed by atoms with E-state index in [1.165, 1.54) is 18.2 Å². The highest BCUT2D eigenvalue weighted by Crippen LogP contribution is 2.29. The molecule has 19 heavy (non-hydrogen) atoms. The topological polar surface area (TPSA) is 90.7 Å². The van der Waals surface area contributed by atoms with Crippen molar-refractivity contribution in [1.29, 1.82) is 0 Å². The Balaban J connectivity index is 2.75. The normalized spacial score (nSPS) is 10.7. The summed E-state index contributed by atoms with van der Waals surface area (Å²) in [5, 5.41) is 10.8. The van der Waals surface area contributed by atoms with E-state index >= 15 is 0 Å². The van der Waals surface area contributed by atoms with Crippen LogP contribution in [0, 0.1) is 10.1 Å². The van der Waals surface area contributed by atoms with Gasteiger partial charge in [0.15, 0.2) is 0 Å². The summed E-state index contributed by atoms with van der Waals surface area (Å²) in [6.45, 7) is 5.07.